The molecule has 2 heterocycles. The van der Waals surface area contributed by atoms with Crippen LogP contribution < -0.4 is 5.32 Å². The molecule has 1 saturated heterocycles. The van der Waals surface area contributed by atoms with Crippen LogP contribution in [0.1, 0.15) is 28.8 Å². The second kappa shape index (κ2) is 8.57. The molecule has 0 unspecified atom stereocenters. The van der Waals surface area contributed by atoms with Crippen LogP contribution in [-0.4, -0.2) is 40.0 Å². The van der Waals surface area contributed by atoms with Gasteiger partial charge < -0.3 is 10.4 Å². The molecule has 3 aromatic rings. The molecule has 1 aliphatic rings. The van der Waals surface area contributed by atoms with Gasteiger partial charge in [0, 0.05) is 42.8 Å². The molecule has 1 aromatic heterocycles. The van der Waals surface area contributed by atoms with Gasteiger partial charge in [-0.2, -0.15) is 0 Å². The summed E-state index contributed by atoms with van der Waals surface area (Å²) in [5, 5.41) is 15.5. The number of piperidine rings is 1. The number of rotatable bonds is 4. The van der Waals surface area contributed by atoms with Gasteiger partial charge in [-0.25, -0.2) is 0 Å². The van der Waals surface area contributed by atoms with E-state index in [1.165, 1.54) is 0 Å². The molecule has 2 N–H and O–H groups in total. The number of phenolic OH excluding ortho intramolecular Hbond substituents is 1. The quantitative estimate of drug-likeness (QED) is 0.633. The topological polar surface area (TPSA) is 65.5 Å². The molecule has 0 bridgehead atoms. The Morgan fingerprint density at radius 1 is 1.14 bits per heavy atom. The molecule has 1 fully saturated rings. The van der Waals surface area contributed by atoms with E-state index >= 15 is 0 Å². The van der Waals surface area contributed by atoms with E-state index in [1.807, 2.05) is 18.2 Å². The maximum Gasteiger partial charge on any atom is 0.253 e. The third-order valence-electron chi connectivity index (χ3n) is 5.33. The molecular formula is C22H21Cl2N3O2. The average molecular weight is 430 g/mol. The molecule has 7 heteroatoms. The van der Waals surface area contributed by atoms with E-state index in [0.29, 0.717) is 27.7 Å². The van der Waals surface area contributed by atoms with E-state index in [4.69, 9.17) is 23.2 Å². The number of nitrogens with one attached hydrogen (secondary N) is 1. The maximum atomic E-state index is 12.4. The van der Waals surface area contributed by atoms with Crippen molar-refractivity contribution in [1.82, 2.24) is 15.2 Å². The first-order valence-corrected chi connectivity index (χ1v) is 10.3. The normalized spacial score (nSPS) is 15.5. The predicted molar refractivity (Wildman–Crippen MR) is 116 cm³/mol. The Kier molecular flexibility index (Phi) is 5.90. The summed E-state index contributed by atoms with van der Waals surface area (Å²) >= 11 is 12.5. The van der Waals surface area contributed by atoms with Crippen molar-refractivity contribution < 1.29 is 9.90 Å². The van der Waals surface area contributed by atoms with Gasteiger partial charge >= 0.3 is 0 Å². The van der Waals surface area contributed by atoms with E-state index in [9.17, 15) is 9.90 Å². The summed E-state index contributed by atoms with van der Waals surface area (Å²) in [6.07, 6.45) is 3.31. The Hall–Kier alpha value is -2.34. The molecule has 4 rings (SSSR count). The smallest absolute Gasteiger partial charge is 0.253 e. The first kappa shape index (κ1) is 20.0. The van der Waals surface area contributed by atoms with Crippen molar-refractivity contribution in [2.24, 2.45) is 0 Å². The lowest BCUT2D eigenvalue weighted by atomic mass is 10.0. The molecular weight excluding hydrogens is 409 g/mol. The molecule has 5 nitrogen and oxygen atoms in total. The lowest BCUT2D eigenvalue weighted by molar-refractivity contribution is 0.0909. The van der Waals surface area contributed by atoms with Gasteiger partial charge in [0.05, 0.1) is 15.6 Å². The zero-order chi connectivity index (χ0) is 20.4. The number of fused-ring (bicyclic) bond motifs is 1. The molecule has 1 aliphatic heterocycles. The highest BCUT2D eigenvalue weighted by Crippen LogP contribution is 2.34. The summed E-state index contributed by atoms with van der Waals surface area (Å²) in [6, 6.07) is 12.6. The molecule has 0 spiro atoms. The number of halogens is 2. The highest BCUT2D eigenvalue weighted by atomic mass is 35.5. The van der Waals surface area contributed by atoms with Crippen molar-refractivity contribution in [1.29, 1.82) is 0 Å². The summed E-state index contributed by atoms with van der Waals surface area (Å²) < 4.78 is 0. The fraction of sp³-hybridized carbons (Fsp3) is 0.273. The number of pyridine rings is 1. The summed E-state index contributed by atoms with van der Waals surface area (Å²) in [5.74, 6) is 0.0400. The van der Waals surface area contributed by atoms with Crippen LogP contribution in [0.15, 0.2) is 48.7 Å². The van der Waals surface area contributed by atoms with Gasteiger partial charge in [0.25, 0.3) is 5.91 Å². The van der Waals surface area contributed by atoms with Gasteiger partial charge in [-0.1, -0.05) is 35.3 Å². The number of hydrogen-bond acceptors (Lipinski definition) is 4. The third-order valence-corrected chi connectivity index (χ3v) is 5.97. The number of likely N-dealkylation sites (tertiary alicyclic amines) is 1. The lowest BCUT2D eigenvalue weighted by Gasteiger charge is -2.32. The Morgan fingerprint density at radius 2 is 1.90 bits per heavy atom. The number of amides is 1. The number of aromatic hydroxyl groups is 1. The maximum absolute atomic E-state index is 12.4. The van der Waals surface area contributed by atoms with E-state index in [1.54, 1.807) is 30.5 Å². The van der Waals surface area contributed by atoms with Crippen molar-refractivity contribution in [2.45, 2.75) is 25.4 Å². The molecule has 1 amide bonds. The van der Waals surface area contributed by atoms with Gasteiger partial charge in [-0.3, -0.25) is 14.7 Å². The SMILES string of the molecule is O=C(NC1CCN(Cc2cc(Cl)c3cccnc3c2O)CC1)c1ccccc1Cl. The molecule has 0 atom stereocenters. The van der Waals surface area contributed by atoms with Crippen LogP contribution in [0.2, 0.25) is 10.0 Å². The number of hydrogen-bond donors (Lipinski definition) is 2. The van der Waals surface area contributed by atoms with Gasteiger partial charge in [0.1, 0.15) is 11.3 Å². The first-order chi connectivity index (χ1) is 14.0. The third kappa shape index (κ3) is 4.32. The highest BCUT2D eigenvalue weighted by Gasteiger charge is 2.23. The minimum Gasteiger partial charge on any atom is -0.505 e. The number of nitrogens with zero attached hydrogens (tertiary/aromatic N) is 2. The van der Waals surface area contributed by atoms with Crippen LogP contribution in [0.4, 0.5) is 0 Å². The zero-order valence-electron chi connectivity index (χ0n) is 15.7. The second-order valence-corrected chi connectivity index (χ2v) is 8.08. The van der Waals surface area contributed by atoms with Crippen LogP contribution in [-0.2, 0) is 6.54 Å². The van der Waals surface area contributed by atoms with Gasteiger partial charge in [-0.15, -0.1) is 0 Å². The Labute approximate surface area is 179 Å². The number of carbonyl (C=O) groups is 1. The summed E-state index contributed by atoms with van der Waals surface area (Å²) in [5.41, 5.74) is 1.79. The largest absolute Gasteiger partial charge is 0.505 e. The molecule has 0 radical (unpaired) electrons. The van der Waals surface area contributed by atoms with Crippen LogP contribution in [0, 0.1) is 0 Å². The van der Waals surface area contributed by atoms with Crippen LogP contribution in [0.25, 0.3) is 10.9 Å². The molecule has 0 aliphatic carbocycles. The van der Waals surface area contributed by atoms with Gasteiger partial charge in [0.15, 0.2) is 0 Å². The fourth-order valence-corrected chi connectivity index (χ4v) is 4.25. The fourth-order valence-electron chi connectivity index (χ4n) is 3.74. The highest BCUT2D eigenvalue weighted by molar-refractivity contribution is 6.35. The average Bonchev–Trinajstić information content (AvgIpc) is 2.73. The van der Waals surface area contributed by atoms with Crippen LogP contribution in [0.3, 0.4) is 0 Å². The zero-order valence-corrected chi connectivity index (χ0v) is 17.2. The molecule has 2 aromatic carbocycles. The second-order valence-electron chi connectivity index (χ2n) is 7.27. The van der Waals surface area contributed by atoms with Crippen molar-refractivity contribution in [3.63, 3.8) is 0 Å². The standard InChI is InChI=1S/C22H21Cl2N3O2/c23-18-6-2-1-4-17(18)22(29)26-15-7-10-27(11-8-15)13-14-12-19(24)16-5-3-9-25-20(16)21(14)28/h1-6,9,12,15,28H,7-8,10-11,13H2,(H,26,29). The van der Waals surface area contributed by atoms with Crippen molar-refractivity contribution >= 4 is 40.0 Å². The Balaban J connectivity index is 1.38. The number of carbonyl (C=O) groups excluding carboxylic acids is 1. The van der Waals surface area contributed by atoms with Gasteiger partial charge in [-0.05, 0) is 43.2 Å². The molecule has 0 saturated carbocycles. The number of aromatic nitrogens is 1. The lowest BCUT2D eigenvalue weighted by Crippen LogP contribution is -2.44. The van der Waals surface area contributed by atoms with Crippen molar-refractivity contribution in [3.05, 3.63) is 69.8 Å². The minimum absolute atomic E-state index is 0.102. The van der Waals surface area contributed by atoms with E-state index in [0.717, 1.165) is 36.9 Å². The van der Waals surface area contributed by atoms with E-state index < -0.39 is 0 Å². The summed E-state index contributed by atoms with van der Waals surface area (Å²) in [7, 11) is 0. The summed E-state index contributed by atoms with van der Waals surface area (Å²) in [4.78, 5) is 19.0. The predicted octanol–water partition coefficient (Wildman–Crippen LogP) is 4.64. The van der Waals surface area contributed by atoms with Crippen LogP contribution >= 0.6 is 23.2 Å². The Bertz CT molecular complexity index is 1050. The van der Waals surface area contributed by atoms with Crippen LogP contribution in [0.5, 0.6) is 5.75 Å². The molecule has 150 valence electrons. The van der Waals surface area contributed by atoms with E-state index in [2.05, 4.69) is 15.2 Å². The number of benzene rings is 2. The van der Waals surface area contributed by atoms with Gasteiger partial charge in [0.2, 0.25) is 0 Å². The number of phenols is 1. The van der Waals surface area contributed by atoms with Crippen molar-refractivity contribution in [2.75, 3.05) is 13.1 Å². The molecule has 29 heavy (non-hydrogen) atoms. The van der Waals surface area contributed by atoms with E-state index in [-0.39, 0.29) is 17.7 Å². The minimum atomic E-state index is -0.140. The summed E-state index contributed by atoms with van der Waals surface area (Å²) in [6.45, 7) is 2.21. The first-order valence-electron chi connectivity index (χ1n) is 9.55. The van der Waals surface area contributed by atoms with Crippen molar-refractivity contribution in [3.8, 4) is 5.75 Å². The monoisotopic (exact) mass is 429 g/mol. The Morgan fingerprint density at radius 3 is 2.66 bits per heavy atom.